The van der Waals surface area contributed by atoms with Crippen LogP contribution in [0.5, 0.6) is 5.75 Å². The summed E-state index contributed by atoms with van der Waals surface area (Å²) >= 11 is 10.8. The van der Waals surface area contributed by atoms with Crippen LogP contribution in [-0.4, -0.2) is 18.7 Å². The maximum absolute atomic E-state index is 12.0. The van der Waals surface area contributed by atoms with E-state index in [1.54, 1.807) is 6.07 Å². The van der Waals surface area contributed by atoms with E-state index in [9.17, 15) is 4.79 Å². The van der Waals surface area contributed by atoms with E-state index in [0.29, 0.717) is 21.6 Å². The molecule has 0 atom stereocenters. The number of ether oxygens (including phenoxy) is 1. The zero-order valence-corrected chi connectivity index (χ0v) is 20.4. The maximum atomic E-state index is 12.0. The molecule has 0 fully saturated rings. The van der Waals surface area contributed by atoms with Crippen LogP contribution in [0.3, 0.4) is 0 Å². The first kappa shape index (κ1) is 23.2. The molecule has 0 aliphatic rings. The Morgan fingerprint density at radius 1 is 1.03 bits per heavy atom. The molecule has 0 aliphatic heterocycles. The number of nitrogens with zero attached hydrogens (tertiary/aromatic N) is 1. The summed E-state index contributed by atoms with van der Waals surface area (Å²) in [4.78, 5) is 13.0. The lowest BCUT2D eigenvalue weighted by molar-refractivity contribution is -0.123. The van der Waals surface area contributed by atoms with Gasteiger partial charge in [-0.05, 0) is 63.5 Å². The summed E-state index contributed by atoms with van der Waals surface area (Å²) < 4.78 is 12.1. The van der Waals surface area contributed by atoms with Crippen LogP contribution in [0.4, 0.5) is 0 Å². The van der Waals surface area contributed by atoms with Gasteiger partial charge in [-0.15, -0.1) is 0 Å². The van der Waals surface area contributed by atoms with Crippen LogP contribution in [0.25, 0.3) is 11.1 Å². The Balaban J connectivity index is 1.26. The zero-order valence-electron chi connectivity index (χ0n) is 17.2. The Kier molecular flexibility index (Phi) is 7.88. The summed E-state index contributed by atoms with van der Waals surface area (Å²) in [6, 6.07) is 26.8. The third-order valence-corrected chi connectivity index (χ3v) is 6.51. The van der Waals surface area contributed by atoms with Crippen molar-refractivity contribution in [2.75, 3.05) is 6.61 Å². The van der Waals surface area contributed by atoms with Gasteiger partial charge in [-0.2, -0.15) is 5.10 Å². The molecule has 0 bridgehead atoms. The van der Waals surface area contributed by atoms with Gasteiger partial charge >= 0.3 is 0 Å². The van der Waals surface area contributed by atoms with Crippen molar-refractivity contribution in [3.63, 3.8) is 0 Å². The summed E-state index contributed by atoms with van der Waals surface area (Å²) in [6.07, 6.45) is 1.43. The van der Waals surface area contributed by atoms with E-state index >= 15 is 0 Å². The number of amides is 1. The first-order chi connectivity index (χ1) is 16.1. The lowest BCUT2D eigenvalue weighted by atomic mass is 10.1. The minimum atomic E-state index is -0.375. The molecule has 0 saturated carbocycles. The van der Waals surface area contributed by atoms with Gasteiger partial charge in [0.05, 0.1) is 10.7 Å². The third-order valence-electron chi connectivity index (χ3n) is 4.41. The quantitative estimate of drug-likeness (QED) is 0.192. The summed E-state index contributed by atoms with van der Waals surface area (Å²) in [5.41, 5.74) is 4.63. The molecule has 0 saturated heterocycles. The molecule has 1 aromatic heterocycles. The molecule has 0 spiro atoms. The normalized spacial score (nSPS) is 11.0. The number of carbonyl (C=O) groups is 1. The van der Waals surface area contributed by atoms with Gasteiger partial charge in [0.15, 0.2) is 11.7 Å². The molecule has 1 N–H and O–H groups in total. The number of carbonyl (C=O) groups excluding carboxylic acids is 1. The SMILES string of the molecule is O=C(COc1ccc(-c2ccccc2)cc1)N/N=C/c1cc(Br)c(Sc2ccc(Cl)cc2)o1. The molecule has 1 heterocycles. The van der Waals surface area contributed by atoms with Crippen LogP contribution >= 0.6 is 39.3 Å². The smallest absolute Gasteiger partial charge is 0.277 e. The van der Waals surface area contributed by atoms with Gasteiger partial charge < -0.3 is 9.15 Å². The number of nitrogens with one attached hydrogen (secondary N) is 1. The summed E-state index contributed by atoms with van der Waals surface area (Å²) in [6.45, 7) is -0.151. The minimum Gasteiger partial charge on any atom is -0.484 e. The summed E-state index contributed by atoms with van der Waals surface area (Å²) in [5, 5.41) is 5.28. The van der Waals surface area contributed by atoms with Crippen molar-refractivity contribution in [3.8, 4) is 16.9 Å². The van der Waals surface area contributed by atoms with Crippen molar-refractivity contribution < 1.29 is 13.9 Å². The second kappa shape index (κ2) is 11.2. The number of halogens is 2. The highest BCUT2D eigenvalue weighted by Crippen LogP contribution is 2.36. The first-order valence-electron chi connectivity index (χ1n) is 9.90. The molecule has 0 aliphatic carbocycles. The second-order valence-corrected chi connectivity index (χ2v) is 9.15. The maximum Gasteiger partial charge on any atom is 0.277 e. The molecule has 166 valence electrons. The van der Waals surface area contributed by atoms with Crippen molar-refractivity contribution in [2.24, 2.45) is 5.10 Å². The van der Waals surface area contributed by atoms with Crippen LogP contribution in [0.1, 0.15) is 5.76 Å². The molecular weight excluding hydrogens is 524 g/mol. The van der Waals surface area contributed by atoms with Gasteiger partial charge in [0.2, 0.25) is 0 Å². The van der Waals surface area contributed by atoms with E-state index in [2.05, 4.69) is 26.5 Å². The standard InChI is InChI=1S/C25H18BrClN2O3S/c26-23-14-21(32-25(23)33-22-12-8-19(27)9-13-22)15-28-29-24(30)16-31-20-10-6-18(7-11-20)17-4-2-1-3-5-17/h1-15H,16H2,(H,29,30)/b28-15+. The van der Waals surface area contributed by atoms with Crippen LogP contribution in [0, 0.1) is 0 Å². The molecule has 5 nitrogen and oxygen atoms in total. The third kappa shape index (κ3) is 6.74. The van der Waals surface area contributed by atoms with Crippen molar-refractivity contribution in [2.45, 2.75) is 9.99 Å². The molecule has 0 radical (unpaired) electrons. The van der Waals surface area contributed by atoms with Gasteiger partial charge in [-0.1, -0.05) is 65.8 Å². The zero-order chi connectivity index (χ0) is 23.0. The van der Waals surface area contributed by atoms with Crippen molar-refractivity contribution in [1.29, 1.82) is 0 Å². The highest BCUT2D eigenvalue weighted by molar-refractivity contribution is 9.10. The molecular formula is C25H18BrClN2O3S. The highest BCUT2D eigenvalue weighted by atomic mass is 79.9. The van der Waals surface area contributed by atoms with Crippen LogP contribution in [0.2, 0.25) is 5.02 Å². The van der Waals surface area contributed by atoms with Crippen LogP contribution < -0.4 is 10.2 Å². The fourth-order valence-corrected chi connectivity index (χ4v) is 4.29. The number of benzene rings is 3. The van der Waals surface area contributed by atoms with Crippen LogP contribution in [0.15, 0.2) is 109 Å². The molecule has 4 rings (SSSR count). The predicted molar refractivity (Wildman–Crippen MR) is 135 cm³/mol. The van der Waals surface area contributed by atoms with E-state index < -0.39 is 0 Å². The largest absolute Gasteiger partial charge is 0.484 e. The van der Waals surface area contributed by atoms with E-state index in [4.69, 9.17) is 20.8 Å². The summed E-state index contributed by atoms with van der Waals surface area (Å²) in [5.74, 6) is 0.725. The Morgan fingerprint density at radius 2 is 1.73 bits per heavy atom. The van der Waals surface area contributed by atoms with Gasteiger partial charge in [0.1, 0.15) is 11.5 Å². The molecule has 4 aromatic rings. The predicted octanol–water partition coefficient (Wildman–Crippen LogP) is 7.04. The average molecular weight is 542 g/mol. The Bertz CT molecular complexity index is 1240. The van der Waals surface area contributed by atoms with E-state index in [-0.39, 0.29) is 12.5 Å². The average Bonchev–Trinajstić information content (AvgIpc) is 3.19. The Labute approximate surface area is 208 Å². The number of hydrogen-bond acceptors (Lipinski definition) is 5. The molecule has 1 amide bonds. The Morgan fingerprint density at radius 3 is 2.45 bits per heavy atom. The van der Waals surface area contributed by atoms with Gasteiger partial charge in [0, 0.05) is 16.0 Å². The fraction of sp³-hybridized carbons (Fsp3) is 0.0400. The fourth-order valence-electron chi connectivity index (χ4n) is 2.84. The molecule has 3 aromatic carbocycles. The number of hydrogen-bond donors (Lipinski definition) is 1. The lowest BCUT2D eigenvalue weighted by Crippen LogP contribution is -2.24. The van der Waals surface area contributed by atoms with E-state index in [1.807, 2.05) is 78.9 Å². The van der Waals surface area contributed by atoms with E-state index in [1.165, 1.54) is 18.0 Å². The topological polar surface area (TPSA) is 63.8 Å². The second-order valence-electron chi connectivity index (χ2n) is 6.81. The summed E-state index contributed by atoms with van der Waals surface area (Å²) in [7, 11) is 0. The van der Waals surface area contributed by atoms with Crippen molar-refractivity contribution in [3.05, 3.63) is 100 Å². The highest BCUT2D eigenvalue weighted by Gasteiger charge is 2.10. The Hall–Kier alpha value is -3.00. The van der Waals surface area contributed by atoms with Crippen molar-refractivity contribution in [1.82, 2.24) is 5.43 Å². The first-order valence-corrected chi connectivity index (χ1v) is 11.9. The van der Waals surface area contributed by atoms with Gasteiger partial charge in [-0.3, -0.25) is 4.79 Å². The van der Waals surface area contributed by atoms with Crippen molar-refractivity contribution >= 4 is 51.4 Å². The van der Waals surface area contributed by atoms with Gasteiger partial charge in [0.25, 0.3) is 5.91 Å². The minimum absolute atomic E-state index is 0.151. The number of rotatable bonds is 8. The van der Waals surface area contributed by atoms with Crippen LogP contribution in [-0.2, 0) is 4.79 Å². The molecule has 33 heavy (non-hydrogen) atoms. The monoisotopic (exact) mass is 540 g/mol. The molecule has 0 unspecified atom stereocenters. The molecule has 8 heteroatoms. The lowest BCUT2D eigenvalue weighted by Gasteiger charge is -2.06. The van der Waals surface area contributed by atoms with E-state index in [0.717, 1.165) is 20.5 Å². The van der Waals surface area contributed by atoms with Gasteiger partial charge in [-0.25, -0.2) is 5.43 Å². The number of furan rings is 1. The number of hydrazone groups is 1.